The van der Waals surface area contributed by atoms with E-state index in [1.165, 1.54) is 0 Å². The summed E-state index contributed by atoms with van der Waals surface area (Å²) >= 11 is 5.90. The molecule has 0 radical (unpaired) electrons. The molecule has 3 rings (SSSR count). The predicted octanol–water partition coefficient (Wildman–Crippen LogP) is 3.74. The molecule has 0 N–H and O–H groups in total. The Kier molecular flexibility index (Phi) is 2.94. The largest absolute Gasteiger partial charge is 0.236 e. The monoisotopic (exact) mass is 267 g/mol. The van der Waals surface area contributed by atoms with E-state index in [4.69, 9.17) is 16.9 Å². The SMILES string of the molecule is N#CCc1c2ccccc2nn1-c1ccc(Cl)cc1. The Balaban J connectivity index is 2.25. The van der Waals surface area contributed by atoms with Crippen molar-refractivity contribution in [3.05, 3.63) is 59.2 Å². The number of hydrogen-bond acceptors (Lipinski definition) is 2. The molecular weight excluding hydrogens is 258 g/mol. The number of benzene rings is 2. The van der Waals surface area contributed by atoms with E-state index < -0.39 is 0 Å². The molecule has 0 fully saturated rings. The van der Waals surface area contributed by atoms with Gasteiger partial charge in [-0.2, -0.15) is 10.4 Å². The number of rotatable bonds is 2. The van der Waals surface area contributed by atoms with Gasteiger partial charge < -0.3 is 0 Å². The van der Waals surface area contributed by atoms with Crippen molar-refractivity contribution in [3.8, 4) is 11.8 Å². The molecule has 0 spiro atoms. The van der Waals surface area contributed by atoms with Crippen LogP contribution < -0.4 is 0 Å². The highest BCUT2D eigenvalue weighted by Crippen LogP contribution is 2.23. The zero-order valence-corrected chi connectivity index (χ0v) is 10.8. The Labute approximate surface area is 115 Å². The van der Waals surface area contributed by atoms with Gasteiger partial charge in [-0.05, 0) is 30.3 Å². The summed E-state index contributed by atoms with van der Waals surface area (Å²) < 4.78 is 1.81. The fourth-order valence-corrected chi connectivity index (χ4v) is 2.25. The Hall–Kier alpha value is -2.31. The number of halogens is 1. The van der Waals surface area contributed by atoms with Gasteiger partial charge in [-0.25, -0.2) is 4.68 Å². The summed E-state index contributed by atoms with van der Waals surface area (Å²) in [5.41, 5.74) is 2.70. The molecular formula is C15H10ClN3. The zero-order valence-electron chi connectivity index (χ0n) is 10.0. The molecule has 0 aliphatic carbocycles. The van der Waals surface area contributed by atoms with E-state index in [2.05, 4.69) is 11.2 Å². The van der Waals surface area contributed by atoms with Crippen LogP contribution in [0.5, 0.6) is 0 Å². The van der Waals surface area contributed by atoms with Crippen molar-refractivity contribution in [2.24, 2.45) is 0 Å². The van der Waals surface area contributed by atoms with E-state index in [0.29, 0.717) is 11.4 Å². The number of nitriles is 1. The van der Waals surface area contributed by atoms with Gasteiger partial charge in [0.2, 0.25) is 0 Å². The maximum absolute atomic E-state index is 9.00. The second-order valence-electron chi connectivity index (χ2n) is 4.19. The summed E-state index contributed by atoms with van der Waals surface area (Å²) in [6.07, 6.45) is 0.323. The van der Waals surface area contributed by atoms with Crippen molar-refractivity contribution in [1.82, 2.24) is 9.78 Å². The maximum Gasteiger partial charge on any atom is 0.0931 e. The van der Waals surface area contributed by atoms with E-state index in [9.17, 15) is 0 Å². The first-order valence-electron chi connectivity index (χ1n) is 5.89. The summed E-state index contributed by atoms with van der Waals surface area (Å²) in [5.74, 6) is 0. The van der Waals surface area contributed by atoms with E-state index >= 15 is 0 Å². The first kappa shape index (κ1) is 11.8. The third kappa shape index (κ3) is 2.07. The number of nitrogens with zero attached hydrogens (tertiary/aromatic N) is 3. The van der Waals surface area contributed by atoms with Crippen LogP contribution in [0.1, 0.15) is 5.69 Å². The highest BCUT2D eigenvalue weighted by Gasteiger charge is 2.11. The fourth-order valence-electron chi connectivity index (χ4n) is 2.13. The molecule has 3 nitrogen and oxygen atoms in total. The molecule has 2 aromatic carbocycles. The van der Waals surface area contributed by atoms with Crippen LogP contribution in [0.2, 0.25) is 5.02 Å². The molecule has 19 heavy (non-hydrogen) atoms. The number of fused-ring (bicyclic) bond motifs is 1. The van der Waals surface area contributed by atoms with Crippen molar-refractivity contribution in [3.63, 3.8) is 0 Å². The quantitative estimate of drug-likeness (QED) is 0.710. The molecule has 0 saturated carbocycles. The molecule has 0 amide bonds. The summed E-state index contributed by atoms with van der Waals surface area (Å²) in [6, 6.07) is 17.5. The lowest BCUT2D eigenvalue weighted by molar-refractivity contribution is 0.844. The van der Waals surface area contributed by atoms with Crippen LogP contribution in [0.15, 0.2) is 48.5 Å². The van der Waals surface area contributed by atoms with E-state index in [1.54, 1.807) is 0 Å². The molecule has 0 bridgehead atoms. The fraction of sp³-hybridized carbons (Fsp3) is 0.0667. The van der Waals surface area contributed by atoms with Crippen molar-refractivity contribution in [1.29, 1.82) is 5.26 Å². The van der Waals surface area contributed by atoms with Crippen molar-refractivity contribution < 1.29 is 0 Å². The minimum atomic E-state index is 0.323. The topological polar surface area (TPSA) is 41.6 Å². The van der Waals surface area contributed by atoms with Crippen molar-refractivity contribution in [2.45, 2.75) is 6.42 Å². The Morgan fingerprint density at radius 1 is 1.11 bits per heavy atom. The van der Waals surface area contributed by atoms with Crippen LogP contribution in [-0.2, 0) is 6.42 Å². The molecule has 0 saturated heterocycles. The second kappa shape index (κ2) is 4.75. The van der Waals surface area contributed by atoms with Crippen molar-refractivity contribution in [2.75, 3.05) is 0 Å². The van der Waals surface area contributed by atoms with Crippen LogP contribution in [0.4, 0.5) is 0 Å². The molecule has 0 unspecified atom stereocenters. The predicted molar refractivity (Wildman–Crippen MR) is 75.4 cm³/mol. The van der Waals surface area contributed by atoms with Gasteiger partial charge in [0.05, 0.1) is 29.4 Å². The summed E-state index contributed by atoms with van der Waals surface area (Å²) in [6.45, 7) is 0. The van der Waals surface area contributed by atoms with Gasteiger partial charge in [0.15, 0.2) is 0 Å². The minimum Gasteiger partial charge on any atom is -0.236 e. The lowest BCUT2D eigenvalue weighted by atomic mass is 10.2. The van der Waals surface area contributed by atoms with Gasteiger partial charge in [0.25, 0.3) is 0 Å². The molecule has 0 aliphatic heterocycles. The first-order chi connectivity index (χ1) is 9.29. The third-order valence-corrected chi connectivity index (χ3v) is 3.25. The maximum atomic E-state index is 9.00. The van der Waals surface area contributed by atoms with Gasteiger partial charge in [0.1, 0.15) is 0 Å². The van der Waals surface area contributed by atoms with Crippen LogP contribution in [0.25, 0.3) is 16.6 Å². The normalized spacial score (nSPS) is 10.5. The lowest BCUT2D eigenvalue weighted by Crippen LogP contribution is -2.01. The Morgan fingerprint density at radius 2 is 1.84 bits per heavy atom. The second-order valence-corrected chi connectivity index (χ2v) is 4.62. The van der Waals surface area contributed by atoms with Gasteiger partial charge in [-0.3, -0.25) is 0 Å². The van der Waals surface area contributed by atoms with Gasteiger partial charge in [-0.15, -0.1) is 0 Å². The Bertz CT molecular complexity index is 766. The standard InChI is InChI=1S/C15H10ClN3/c16-11-5-7-12(8-6-11)19-15(9-10-17)13-3-1-2-4-14(13)18-19/h1-8H,9H2. The highest BCUT2D eigenvalue weighted by atomic mass is 35.5. The molecule has 92 valence electrons. The zero-order chi connectivity index (χ0) is 13.2. The first-order valence-corrected chi connectivity index (χ1v) is 6.27. The lowest BCUT2D eigenvalue weighted by Gasteiger charge is -2.05. The van der Waals surface area contributed by atoms with Gasteiger partial charge in [-0.1, -0.05) is 29.8 Å². The summed E-state index contributed by atoms with van der Waals surface area (Å²) in [4.78, 5) is 0. The van der Waals surface area contributed by atoms with Crippen LogP contribution in [-0.4, -0.2) is 9.78 Å². The third-order valence-electron chi connectivity index (χ3n) is 3.00. The molecule has 4 heteroatoms. The molecule has 0 atom stereocenters. The highest BCUT2D eigenvalue weighted by molar-refractivity contribution is 6.30. The average molecular weight is 268 g/mol. The van der Waals surface area contributed by atoms with E-state index in [0.717, 1.165) is 22.3 Å². The molecule has 1 heterocycles. The Morgan fingerprint density at radius 3 is 2.58 bits per heavy atom. The average Bonchev–Trinajstić information content (AvgIpc) is 2.79. The smallest absolute Gasteiger partial charge is 0.0931 e. The van der Waals surface area contributed by atoms with Crippen molar-refractivity contribution >= 4 is 22.5 Å². The van der Waals surface area contributed by atoms with Crippen LogP contribution >= 0.6 is 11.6 Å². The van der Waals surface area contributed by atoms with E-state index in [1.807, 2.05) is 53.2 Å². The number of hydrogen-bond donors (Lipinski definition) is 0. The molecule has 3 aromatic rings. The van der Waals surface area contributed by atoms with E-state index in [-0.39, 0.29) is 0 Å². The summed E-state index contributed by atoms with van der Waals surface area (Å²) in [5, 5.41) is 15.3. The van der Waals surface area contributed by atoms with Crippen LogP contribution in [0, 0.1) is 11.3 Å². The molecule has 0 aliphatic rings. The minimum absolute atomic E-state index is 0.323. The van der Waals surface area contributed by atoms with Gasteiger partial charge >= 0.3 is 0 Å². The van der Waals surface area contributed by atoms with Crippen LogP contribution in [0.3, 0.4) is 0 Å². The van der Waals surface area contributed by atoms with Gasteiger partial charge in [0, 0.05) is 10.4 Å². The number of aromatic nitrogens is 2. The molecule has 1 aromatic heterocycles. The summed E-state index contributed by atoms with van der Waals surface area (Å²) in [7, 11) is 0.